The summed E-state index contributed by atoms with van der Waals surface area (Å²) in [6.45, 7) is 0. The number of benzene rings is 1. The normalized spacial score (nSPS) is 14.7. The summed E-state index contributed by atoms with van der Waals surface area (Å²) in [6.07, 6.45) is 2.05. The maximum absolute atomic E-state index is 11.0. The van der Waals surface area contributed by atoms with E-state index in [-0.39, 0.29) is 5.69 Å². The minimum absolute atomic E-state index is 0.0201. The van der Waals surface area contributed by atoms with Gasteiger partial charge < -0.3 is 5.43 Å². The van der Waals surface area contributed by atoms with Gasteiger partial charge in [-0.3, -0.25) is 10.1 Å². The Labute approximate surface area is 102 Å². The van der Waals surface area contributed by atoms with Gasteiger partial charge in [-0.25, -0.2) is 15.8 Å². The summed E-state index contributed by atoms with van der Waals surface area (Å²) in [5.74, 6) is 6.79. The Morgan fingerprint density at radius 3 is 2.78 bits per heavy atom. The fraction of sp³-hybridized carbons (Fsp3) is 0.273. The van der Waals surface area contributed by atoms with Crippen molar-refractivity contribution in [1.29, 1.82) is 0 Å². The molecule has 7 nitrogen and oxygen atoms in total. The number of nitrogens with two attached hydrogens (primary N) is 1. The summed E-state index contributed by atoms with van der Waals surface area (Å²) < 4.78 is 0. The van der Waals surface area contributed by atoms with E-state index < -0.39 is 4.92 Å². The maximum atomic E-state index is 11.0. The zero-order chi connectivity index (χ0) is 12.7. The highest BCUT2D eigenvalue weighted by Crippen LogP contribution is 2.40. The molecule has 1 heterocycles. The van der Waals surface area contributed by atoms with Gasteiger partial charge in [0.1, 0.15) is 5.82 Å². The van der Waals surface area contributed by atoms with E-state index in [1.165, 1.54) is 6.07 Å². The van der Waals surface area contributed by atoms with Crippen LogP contribution in [0, 0.1) is 10.1 Å². The first kappa shape index (κ1) is 10.8. The minimum Gasteiger partial charge on any atom is -0.308 e. The molecule has 92 valence electrons. The average molecular weight is 245 g/mol. The summed E-state index contributed by atoms with van der Waals surface area (Å²) in [6, 6.07) is 4.75. The summed E-state index contributed by atoms with van der Waals surface area (Å²) in [4.78, 5) is 19.2. The SMILES string of the molecule is NNc1nc(C2CC2)nc2c([N+](=O)[O-])cccc12. The number of nitrogen functional groups attached to an aromatic ring is 1. The first-order chi connectivity index (χ1) is 8.70. The van der Waals surface area contributed by atoms with Crippen molar-refractivity contribution in [3.8, 4) is 0 Å². The Morgan fingerprint density at radius 2 is 2.17 bits per heavy atom. The van der Waals surface area contributed by atoms with E-state index in [1.54, 1.807) is 12.1 Å². The molecule has 0 unspecified atom stereocenters. The Hall–Kier alpha value is -2.28. The van der Waals surface area contributed by atoms with Crippen LogP contribution in [0.4, 0.5) is 11.5 Å². The highest BCUT2D eigenvalue weighted by molar-refractivity contribution is 5.94. The van der Waals surface area contributed by atoms with Crippen LogP contribution in [0.5, 0.6) is 0 Å². The van der Waals surface area contributed by atoms with Crippen molar-refractivity contribution in [1.82, 2.24) is 9.97 Å². The number of hydrogen-bond acceptors (Lipinski definition) is 6. The Bertz CT molecular complexity index is 639. The van der Waals surface area contributed by atoms with Crippen molar-refractivity contribution in [2.75, 3.05) is 5.43 Å². The largest absolute Gasteiger partial charge is 0.308 e. The number of non-ortho nitro benzene ring substituents is 1. The van der Waals surface area contributed by atoms with Crippen LogP contribution >= 0.6 is 0 Å². The number of nitrogens with zero attached hydrogens (tertiary/aromatic N) is 3. The Morgan fingerprint density at radius 1 is 1.39 bits per heavy atom. The molecular formula is C11H11N5O2. The highest BCUT2D eigenvalue weighted by Gasteiger charge is 2.28. The number of hydrogen-bond donors (Lipinski definition) is 2. The topological polar surface area (TPSA) is 107 Å². The van der Waals surface area contributed by atoms with Crippen LogP contribution in [0.1, 0.15) is 24.6 Å². The van der Waals surface area contributed by atoms with Crippen LogP contribution in [-0.2, 0) is 0 Å². The molecule has 7 heteroatoms. The van der Waals surface area contributed by atoms with Crippen molar-refractivity contribution in [3.63, 3.8) is 0 Å². The molecule has 1 aliphatic carbocycles. The minimum atomic E-state index is -0.438. The number of rotatable bonds is 3. The van der Waals surface area contributed by atoms with Gasteiger partial charge in [-0.2, -0.15) is 0 Å². The highest BCUT2D eigenvalue weighted by atomic mass is 16.6. The van der Waals surface area contributed by atoms with Gasteiger partial charge in [-0.05, 0) is 18.9 Å². The third-order valence-electron chi connectivity index (χ3n) is 3.00. The second-order valence-corrected chi connectivity index (χ2v) is 4.28. The first-order valence-corrected chi connectivity index (χ1v) is 5.62. The van der Waals surface area contributed by atoms with Crippen molar-refractivity contribution in [3.05, 3.63) is 34.1 Å². The molecule has 3 rings (SSSR count). The van der Waals surface area contributed by atoms with E-state index >= 15 is 0 Å². The number of anilines is 1. The molecule has 1 saturated carbocycles. The van der Waals surface area contributed by atoms with Crippen molar-refractivity contribution in [2.24, 2.45) is 5.84 Å². The molecule has 1 aromatic heterocycles. The van der Waals surface area contributed by atoms with Crippen LogP contribution in [0.2, 0.25) is 0 Å². The lowest BCUT2D eigenvalue weighted by molar-refractivity contribution is -0.383. The summed E-state index contributed by atoms with van der Waals surface area (Å²) in [5, 5.41) is 11.6. The van der Waals surface area contributed by atoms with Gasteiger partial charge in [0.25, 0.3) is 5.69 Å². The standard InChI is InChI=1S/C11H11N5O2/c12-15-11-7-2-1-3-8(16(17)18)9(7)13-10(14-11)6-4-5-6/h1-3,6H,4-5,12H2,(H,13,14,15). The number of nitrogens with one attached hydrogen (secondary N) is 1. The lowest BCUT2D eigenvalue weighted by Crippen LogP contribution is -2.11. The number of fused-ring (bicyclic) bond motifs is 1. The molecule has 0 spiro atoms. The van der Waals surface area contributed by atoms with Gasteiger partial charge in [0.2, 0.25) is 0 Å². The molecule has 0 radical (unpaired) electrons. The number of para-hydroxylation sites is 1. The van der Waals surface area contributed by atoms with Crippen molar-refractivity contribution >= 4 is 22.4 Å². The molecule has 0 atom stereocenters. The fourth-order valence-electron chi connectivity index (χ4n) is 1.94. The number of aromatic nitrogens is 2. The van der Waals surface area contributed by atoms with Crippen LogP contribution in [0.3, 0.4) is 0 Å². The second-order valence-electron chi connectivity index (χ2n) is 4.28. The zero-order valence-corrected chi connectivity index (χ0v) is 9.46. The molecule has 18 heavy (non-hydrogen) atoms. The van der Waals surface area contributed by atoms with Crippen LogP contribution in [-0.4, -0.2) is 14.9 Å². The maximum Gasteiger partial charge on any atom is 0.295 e. The van der Waals surface area contributed by atoms with E-state index in [9.17, 15) is 10.1 Å². The molecule has 0 saturated heterocycles. The lowest BCUT2D eigenvalue weighted by atomic mass is 10.2. The molecule has 1 fully saturated rings. The Balaban J connectivity index is 2.32. The van der Waals surface area contributed by atoms with Gasteiger partial charge in [-0.1, -0.05) is 6.07 Å². The Kier molecular flexibility index (Phi) is 2.34. The number of nitro benzene ring substituents is 1. The van der Waals surface area contributed by atoms with Crippen molar-refractivity contribution in [2.45, 2.75) is 18.8 Å². The quantitative estimate of drug-likeness (QED) is 0.484. The zero-order valence-electron chi connectivity index (χ0n) is 9.46. The number of nitro groups is 1. The third-order valence-corrected chi connectivity index (χ3v) is 3.00. The fourth-order valence-corrected chi connectivity index (χ4v) is 1.94. The van der Waals surface area contributed by atoms with Crippen molar-refractivity contribution < 1.29 is 4.92 Å². The molecule has 0 bridgehead atoms. The van der Waals surface area contributed by atoms with Gasteiger partial charge in [0, 0.05) is 12.0 Å². The monoisotopic (exact) mass is 245 g/mol. The molecular weight excluding hydrogens is 234 g/mol. The molecule has 1 aromatic carbocycles. The predicted octanol–water partition coefficient (Wildman–Crippen LogP) is 1.70. The molecule has 2 aromatic rings. The smallest absolute Gasteiger partial charge is 0.295 e. The molecule has 1 aliphatic rings. The van der Waals surface area contributed by atoms with Gasteiger partial charge in [0.15, 0.2) is 11.3 Å². The average Bonchev–Trinajstić information content (AvgIpc) is 3.20. The summed E-state index contributed by atoms with van der Waals surface area (Å²) >= 11 is 0. The number of hydrazine groups is 1. The molecule has 0 amide bonds. The summed E-state index contributed by atoms with van der Waals surface area (Å²) in [5.41, 5.74) is 2.81. The van der Waals surface area contributed by atoms with Crippen LogP contribution < -0.4 is 11.3 Å². The van der Waals surface area contributed by atoms with E-state index in [4.69, 9.17) is 5.84 Å². The van der Waals surface area contributed by atoms with Crippen LogP contribution in [0.25, 0.3) is 10.9 Å². The van der Waals surface area contributed by atoms with Crippen LogP contribution in [0.15, 0.2) is 18.2 Å². The van der Waals surface area contributed by atoms with E-state index in [2.05, 4.69) is 15.4 Å². The van der Waals surface area contributed by atoms with E-state index in [0.717, 1.165) is 12.8 Å². The predicted molar refractivity (Wildman–Crippen MR) is 66.0 cm³/mol. The lowest BCUT2D eigenvalue weighted by Gasteiger charge is -2.07. The molecule has 3 N–H and O–H groups in total. The second kappa shape index (κ2) is 3.88. The molecule has 0 aliphatic heterocycles. The van der Waals surface area contributed by atoms with Gasteiger partial charge in [0.05, 0.1) is 10.3 Å². The van der Waals surface area contributed by atoms with E-state index in [1.807, 2.05) is 0 Å². The van der Waals surface area contributed by atoms with Gasteiger partial charge in [-0.15, -0.1) is 0 Å². The van der Waals surface area contributed by atoms with E-state index in [0.29, 0.717) is 28.5 Å². The first-order valence-electron chi connectivity index (χ1n) is 5.62. The third kappa shape index (κ3) is 1.65. The van der Waals surface area contributed by atoms with Gasteiger partial charge >= 0.3 is 0 Å². The summed E-state index contributed by atoms with van der Waals surface area (Å²) in [7, 11) is 0.